The number of hydrogen-bond acceptors (Lipinski definition) is 7. The van der Waals surface area contributed by atoms with Crippen LogP contribution in [0.5, 0.6) is 0 Å². The van der Waals surface area contributed by atoms with Crippen LogP contribution in [0.4, 0.5) is 5.82 Å². The molecule has 0 spiro atoms. The first-order chi connectivity index (χ1) is 15.0. The third kappa shape index (κ3) is 5.15. The number of ether oxygens (including phenoxy) is 1. The average Bonchev–Trinajstić information content (AvgIpc) is 3.42. The lowest BCUT2D eigenvalue weighted by molar-refractivity contribution is -0.119. The summed E-state index contributed by atoms with van der Waals surface area (Å²) in [6.45, 7) is 5.31. The van der Waals surface area contributed by atoms with E-state index in [9.17, 15) is 9.59 Å². The van der Waals surface area contributed by atoms with Gasteiger partial charge in [-0.05, 0) is 44.4 Å². The standard InChI is InChI=1S/C22H30N4O5/c1-13-3-5-16(6-4-13)20(24-21(27)17-12-30-25-14(17)2)22(28)23-19-11-18(31-26-19)15-7-9-29-10-8-15/h11-13,15-16,20H,3-10H2,1-2H3,(H,24,27)(H,23,26,28)/t13?,16?,20-/m0/s1. The van der Waals surface area contributed by atoms with Gasteiger partial charge in [0.2, 0.25) is 5.91 Å². The molecule has 2 amide bonds. The Bertz CT molecular complexity index is 893. The van der Waals surface area contributed by atoms with Crippen molar-refractivity contribution in [2.45, 2.75) is 64.3 Å². The van der Waals surface area contributed by atoms with Crippen LogP contribution in [0.15, 0.2) is 21.4 Å². The first-order valence-corrected chi connectivity index (χ1v) is 11.1. The highest BCUT2D eigenvalue weighted by Crippen LogP contribution is 2.32. The maximum absolute atomic E-state index is 13.2. The van der Waals surface area contributed by atoms with Gasteiger partial charge in [-0.2, -0.15) is 0 Å². The molecule has 9 heteroatoms. The summed E-state index contributed by atoms with van der Waals surface area (Å²) in [4.78, 5) is 26.0. The zero-order valence-electron chi connectivity index (χ0n) is 18.1. The fraction of sp³-hybridized carbons (Fsp3) is 0.636. The van der Waals surface area contributed by atoms with Crippen molar-refractivity contribution in [3.8, 4) is 0 Å². The van der Waals surface area contributed by atoms with Gasteiger partial charge in [0.05, 0.1) is 5.69 Å². The maximum Gasteiger partial charge on any atom is 0.257 e. The molecule has 2 aromatic heterocycles. The molecule has 2 aromatic rings. The van der Waals surface area contributed by atoms with Crippen LogP contribution in [0, 0.1) is 18.8 Å². The number of aromatic nitrogens is 2. The third-order valence-electron chi connectivity index (χ3n) is 6.50. The fourth-order valence-electron chi connectivity index (χ4n) is 4.47. The molecule has 2 fully saturated rings. The normalized spacial score (nSPS) is 23.3. The molecule has 0 radical (unpaired) electrons. The van der Waals surface area contributed by atoms with Gasteiger partial charge in [0.15, 0.2) is 5.82 Å². The minimum Gasteiger partial charge on any atom is -0.381 e. The van der Waals surface area contributed by atoms with Crippen molar-refractivity contribution in [2.24, 2.45) is 11.8 Å². The van der Waals surface area contributed by atoms with Gasteiger partial charge in [0.1, 0.15) is 23.6 Å². The molecule has 4 rings (SSSR count). The van der Waals surface area contributed by atoms with Gasteiger partial charge in [-0.15, -0.1) is 0 Å². The second kappa shape index (κ2) is 9.64. The van der Waals surface area contributed by atoms with E-state index in [-0.39, 0.29) is 23.7 Å². The highest BCUT2D eigenvalue weighted by Gasteiger charge is 2.34. The average molecular weight is 431 g/mol. The van der Waals surface area contributed by atoms with Gasteiger partial charge in [0.25, 0.3) is 5.91 Å². The van der Waals surface area contributed by atoms with Crippen LogP contribution in [-0.2, 0) is 9.53 Å². The van der Waals surface area contributed by atoms with Crippen molar-refractivity contribution in [1.82, 2.24) is 15.6 Å². The Morgan fingerprint density at radius 1 is 1.10 bits per heavy atom. The Labute approximate surface area is 181 Å². The van der Waals surface area contributed by atoms with Gasteiger partial charge in [-0.25, -0.2) is 0 Å². The Kier molecular flexibility index (Phi) is 6.70. The summed E-state index contributed by atoms with van der Waals surface area (Å²) in [6, 6.07) is 1.11. The fourth-order valence-corrected chi connectivity index (χ4v) is 4.47. The van der Waals surface area contributed by atoms with E-state index >= 15 is 0 Å². The maximum atomic E-state index is 13.2. The highest BCUT2D eigenvalue weighted by molar-refractivity contribution is 6.01. The lowest BCUT2D eigenvalue weighted by Crippen LogP contribution is -2.49. The Balaban J connectivity index is 1.46. The van der Waals surface area contributed by atoms with E-state index < -0.39 is 6.04 Å². The number of rotatable bonds is 6. The molecule has 1 saturated carbocycles. The summed E-state index contributed by atoms with van der Waals surface area (Å²) in [6.07, 6.45) is 6.89. The topological polar surface area (TPSA) is 119 Å². The summed E-state index contributed by atoms with van der Waals surface area (Å²) in [7, 11) is 0. The van der Waals surface area contributed by atoms with Crippen LogP contribution in [0.25, 0.3) is 0 Å². The molecule has 3 heterocycles. The monoisotopic (exact) mass is 430 g/mol. The van der Waals surface area contributed by atoms with Gasteiger partial charge < -0.3 is 24.4 Å². The summed E-state index contributed by atoms with van der Waals surface area (Å²) < 4.78 is 15.7. The quantitative estimate of drug-likeness (QED) is 0.720. The van der Waals surface area contributed by atoms with Crippen LogP contribution < -0.4 is 10.6 Å². The number of nitrogens with one attached hydrogen (secondary N) is 2. The number of hydrogen-bond donors (Lipinski definition) is 2. The molecule has 9 nitrogen and oxygen atoms in total. The molecular weight excluding hydrogens is 400 g/mol. The van der Waals surface area contributed by atoms with Crippen LogP contribution in [-0.4, -0.2) is 41.4 Å². The van der Waals surface area contributed by atoms with E-state index in [2.05, 4.69) is 27.9 Å². The van der Waals surface area contributed by atoms with Crippen LogP contribution in [0.2, 0.25) is 0 Å². The molecule has 0 bridgehead atoms. The van der Waals surface area contributed by atoms with Crippen molar-refractivity contribution < 1.29 is 23.4 Å². The van der Waals surface area contributed by atoms with Gasteiger partial charge in [0, 0.05) is 25.2 Å². The number of nitrogens with zero attached hydrogens (tertiary/aromatic N) is 2. The SMILES string of the molecule is Cc1nocc1C(=O)N[C@H](C(=O)Nc1cc(C2CCOCC2)on1)C1CCC(C)CC1. The smallest absolute Gasteiger partial charge is 0.257 e. The minimum atomic E-state index is -0.669. The molecule has 1 aliphatic carbocycles. The van der Waals surface area contributed by atoms with E-state index in [0.29, 0.717) is 36.2 Å². The summed E-state index contributed by atoms with van der Waals surface area (Å²) >= 11 is 0. The summed E-state index contributed by atoms with van der Waals surface area (Å²) in [5.41, 5.74) is 0.830. The number of carbonyl (C=O) groups is 2. The van der Waals surface area contributed by atoms with E-state index in [1.807, 2.05) is 0 Å². The summed E-state index contributed by atoms with van der Waals surface area (Å²) in [5, 5.41) is 13.5. The molecule has 1 atom stereocenters. The van der Waals surface area contributed by atoms with E-state index in [1.54, 1.807) is 13.0 Å². The zero-order chi connectivity index (χ0) is 21.8. The van der Waals surface area contributed by atoms with Crippen LogP contribution in [0.3, 0.4) is 0 Å². The predicted molar refractivity (Wildman–Crippen MR) is 112 cm³/mol. The number of amides is 2. The molecule has 1 aliphatic heterocycles. The number of aryl methyl sites for hydroxylation is 1. The lowest BCUT2D eigenvalue weighted by atomic mass is 9.79. The molecule has 2 N–H and O–H groups in total. The van der Waals surface area contributed by atoms with Crippen LogP contribution >= 0.6 is 0 Å². The molecule has 0 unspecified atom stereocenters. The van der Waals surface area contributed by atoms with E-state index in [0.717, 1.165) is 44.3 Å². The zero-order valence-corrected chi connectivity index (χ0v) is 18.1. The second-order valence-corrected chi connectivity index (χ2v) is 8.78. The number of carbonyl (C=O) groups excluding carboxylic acids is 2. The van der Waals surface area contributed by atoms with Crippen molar-refractivity contribution >= 4 is 17.6 Å². The van der Waals surface area contributed by atoms with Crippen LogP contribution in [0.1, 0.15) is 73.2 Å². The first kappa shape index (κ1) is 21.5. The molecule has 168 valence electrons. The van der Waals surface area contributed by atoms with Gasteiger partial charge in [-0.3, -0.25) is 9.59 Å². The van der Waals surface area contributed by atoms with Crippen molar-refractivity contribution in [3.05, 3.63) is 29.3 Å². The predicted octanol–water partition coefficient (Wildman–Crippen LogP) is 3.43. The van der Waals surface area contributed by atoms with Crippen molar-refractivity contribution in [1.29, 1.82) is 0 Å². The third-order valence-corrected chi connectivity index (χ3v) is 6.50. The van der Waals surface area contributed by atoms with Gasteiger partial charge in [-0.1, -0.05) is 30.1 Å². The molecule has 0 aromatic carbocycles. The highest BCUT2D eigenvalue weighted by atomic mass is 16.5. The Morgan fingerprint density at radius 3 is 2.52 bits per heavy atom. The molecule has 1 saturated heterocycles. The van der Waals surface area contributed by atoms with E-state index in [4.69, 9.17) is 13.8 Å². The molecule has 2 aliphatic rings. The largest absolute Gasteiger partial charge is 0.381 e. The molecular formula is C22H30N4O5. The van der Waals surface area contributed by atoms with Crippen molar-refractivity contribution in [2.75, 3.05) is 18.5 Å². The first-order valence-electron chi connectivity index (χ1n) is 11.1. The Hall–Kier alpha value is -2.68. The van der Waals surface area contributed by atoms with E-state index in [1.165, 1.54) is 6.26 Å². The summed E-state index contributed by atoms with van der Waals surface area (Å²) in [5.74, 6) is 1.42. The number of anilines is 1. The Morgan fingerprint density at radius 2 is 1.84 bits per heavy atom. The molecule has 31 heavy (non-hydrogen) atoms. The van der Waals surface area contributed by atoms with Crippen molar-refractivity contribution in [3.63, 3.8) is 0 Å². The second-order valence-electron chi connectivity index (χ2n) is 8.78. The minimum absolute atomic E-state index is 0.0576. The lowest BCUT2D eigenvalue weighted by Gasteiger charge is -2.32. The van der Waals surface area contributed by atoms with Gasteiger partial charge >= 0.3 is 0 Å².